The van der Waals surface area contributed by atoms with E-state index < -0.39 is 23.8 Å². The largest absolute Gasteiger partial charge is 0.468 e. The molecule has 0 saturated heterocycles. The van der Waals surface area contributed by atoms with Crippen LogP contribution in [-0.2, 0) is 28.6 Å². The van der Waals surface area contributed by atoms with Crippen LogP contribution in [0.1, 0.15) is 37.3 Å². The van der Waals surface area contributed by atoms with Gasteiger partial charge in [0.2, 0.25) is 0 Å². The van der Waals surface area contributed by atoms with E-state index in [9.17, 15) is 14.4 Å². The molecule has 0 radical (unpaired) electrons. The zero-order valence-electron chi connectivity index (χ0n) is 18.6. The number of aryl methyl sites for hydroxylation is 1. The lowest BCUT2D eigenvalue weighted by Crippen LogP contribution is -2.43. The van der Waals surface area contributed by atoms with Gasteiger partial charge in [0.1, 0.15) is 12.5 Å². The van der Waals surface area contributed by atoms with Crippen molar-refractivity contribution in [2.75, 3.05) is 27.4 Å². The summed E-state index contributed by atoms with van der Waals surface area (Å²) in [6.45, 7) is 6.02. The third-order valence-corrected chi connectivity index (χ3v) is 5.89. The SMILES string of the molecule is COCCOC(=O)C1=C(C)NC2=C(C(=O)[C@@H](C(=O)OC)[C@H](C)C2)[C@@H]1c1ccc(C)cc1. The number of nitrogens with one attached hydrogen (secondary N) is 1. The molecule has 0 aromatic heterocycles. The highest BCUT2D eigenvalue weighted by atomic mass is 16.6. The quantitative estimate of drug-likeness (QED) is 0.424. The van der Waals surface area contributed by atoms with Crippen LogP contribution < -0.4 is 5.32 Å². The van der Waals surface area contributed by atoms with E-state index in [1.807, 2.05) is 38.1 Å². The molecule has 0 unspecified atom stereocenters. The molecule has 0 saturated carbocycles. The molecule has 0 spiro atoms. The lowest BCUT2D eigenvalue weighted by Gasteiger charge is -2.38. The molecule has 2 aliphatic rings. The number of benzene rings is 1. The maximum absolute atomic E-state index is 13.6. The Morgan fingerprint density at radius 1 is 1.10 bits per heavy atom. The molecule has 7 nitrogen and oxygen atoms in total. The van der Waals surface area contributed by atoms with Crippen LogP contribution in [0, 0.1) is 18.8 Å². The molecule has 0 fully saturated rings. The Labute approximate surface area is 182 Å². The van der Waals surface area contributed by atoms with Gasteiger partial charge in [-0.1, -0.05) is 36.8 Å². The number of carbonyl (C=O) groups is 3. The molecule has 1 N–H and O–H groups in total. The summed E-state index contributed by atoms with van der Waals surface area (Å²) in [4.78, 5) is 39.0. The summed E-state index contributed by atoms with van der Waals surface area (Å²) in [7, 11) is 2.81. The minimum Gasteiger partial charge on any atom is -0.468 e. The number of rotatable bonds is 6. The van der Waals surface area contributed by atoms with Crippen LogP contribution in [0.15, 0.2) is 46.8 Å². The number of allylic oxidation sites excluding steroid dienone is 3. The van der Waals surface area contributed by atoms with E-state index in [1.165, 1.54) is 14.2 Å². The summed E-state index contributed by atoms with van der Waals surface area (Å²) in [6, 6.07) is 7.69. The van der Waals surface area contributed by atoms with Gasteiger partial charge in [-0.05, 0) is 31.7 Å². The number of carbonyl (C=O) groups excluding carboxylic acids is 3. The molecular formula is C24H29NO6. The smallest absolute Gasteiger partial charge is 0.336 e. The van der Waals surface area contributed by atoms with Crippen LogP contribution in [0.25, 0.3) is 0 Å². The Kier molecular flexibility index (Phi) is 6.95. The molecule has 31 heavy (non-hydrogen) atoms. The normalized spacial score (nSPS) is 23.3. The van der Waals surface area contributed by atoms with Gasteiger partial charge in [0.25, 0.3) is 0 Å². The van der Waals surface area contributed by atoms with Crippen LogP contribution in [-0.4, -0.2) is 45.2 Å². The summed E-state index contributed by atoms with van der Waals surface area (Å²) in [5, 5.41) is 3.24. The molecule has 1 aliphatic carbocycles. The highest BCUT2D eigenvalue weighted by Crippen LogP contribution is 2.45. The molecule has 0 amide bonds. The second-order valence-corrected chi connectivity index (χ2v) is 8.07. The molecule has 166 valence electrons. The first kappa shape index (κ1) is 22.7. The predicted molar refractivity (Wildman–Crippen MR) is 114 cm³/mol. The van der Waals surface area contributed by atoms with Crippen LogP contribution >= 0.6 is 0 Å². The van der Waals surface area contributed by atoms with E-state index in [-0.39, 0.29) is 24.9 Å². The number of dihydropyridines is 1. The fraction of sp³-hybridized carbons (Fsp3) is 0.458. The number of hydrogen-bond acceptors (Lipinski definition) is 7. The molecule has 1 aliphatic heterocycles. The van der Waals surface area contributed by atoms with Gasteiger partial charge in [-0.2, -0.15) is 0 Å². The zero-order valence-corrected chi connectivity index (χ0v) is 18.6. The first-order valence-corrected chi connectivity index (χ1v) is 10.4. The van der Waals surface area contributed by atoms with E-state index in [2.05, 4.69) is 5.32 Å². The fourth-order valence-corrected chi connectivity index (χ4v) is 4.34. The monoisotopic (exact) mass is 427 g/mol. The molecule has 7 heteroatoms. The predicted octanol–water partition coefficient (Wildman–Crippen LogP) is 2.80. The van der Waals surface area contributed by atoms with Gasteiger partial charge in [-0.15, -0.1) is 0 Å². The van der Waals surface area contributed by atoms with Crippen molar-refractivity contribution in [3.63, 3.8) is 0 Å². The third-order valence-electron chi connectivity index (χ3n) is 5.89. The lowest BCUT2D eigenvalue weighted by molar-refractivity contribution is -0.151. The standard InChI is InChI=1S/C24H29NO6/c1-13-6-8-16(9-7-13)20-19(24(28)31-11-10-29-4)15(3)25-17-12-14(2)18(23(27)30-5)22(26)21(17)20/h6-9,14,18,20,25H,10-12H2,1-5H3/t14-,18+,20-/m1/s1. The number of methoxy groups -OCH3 is 2. The number of Topliss-reactive ketones (excluding diaryl/α,β-unsaturated/α-hetero) is 1. The summed E-state index contributed by atoms with van der Waals surface area (Å²) in [6.07, 6.45) is 0.506. The number of ketones is 1. The summed E-state index contributed by atoms with van der Waals surface area (Å²) in [5.74, 6) is -3.12. The van der Waals surface area contributed by atoms with Gasteiger partial charge in [0, 0.05) is 30.0 Å². The maximum Gasteiger partial charge on any atom is 0.336 e. The minimum absolute atomic E-state index is 0.106. The van der Waals surface area contributed by atoms with Gasteiger partial charge >= 0.3 is 11.9 Å². The first-order chi connectivity index (χ1) is 14.8. The van der Waals surface area contributed by atoms with Crippen molar-refractivity contribution in [3.8, 4) is 0 Å². The fourth-order valence-electron chi connectivity index (χ4n) is 4.34. The summed E-state index contributed by atoms with van der Waals surface area (Å²) in [5.41, 5.74) is 4.04. The molecule has 1 aromatic rings. The van der Waals surface area contributed by atoms with Gasteiger partial charge < -0.3 is 19.5 Å². The Hall–Kier alpha value is -2.93. The van der Waals surface area contributed by atoms with E-state index in [1.54, 1.807) is 6.92 Å². The molecular weight excluding hydrogens is 398 g/mol. The Balaban J connectivity index is 2.11. The van der Waals surface area contributed by atoms with Crippen molar-refractivity contribution >= 4 is 17.7 Å². The van der Waals surface area contributed by atoms with Crippen molar-refractivity contribution < 1.29 is 28.6 Å². The average Bonchev–Trinajstić information content (AvgIpc) is 2.73. The highest BCUT2D eigenvalue weighted by molar-refractivity contribution is 6.12. The van der Waals surface area contributed by atoms with E-state index in [0.29, 0.717) is 23.3 Å². The van der Waals surface area contributed by atoms with Crippen molar-refractivity contribution in [1.29, 1.82) is 0 Å². The minimum atomic E-state index is -0.900. The first-order valence-electron chi connectivity index (χ1n) is 10.4. The van der Waals surface area contributed by atoms with Gasteiger partial charge in [-0.25, -0.2) is 4.79 Å². The van der Waals surface area contributed by atoms with Crippen LogP contribution in [0.5, 0.6) is 0 Å². The van der Waals surface area contributed by atoms with Crippen LogP contribution in [0.4, 0.5) is 0 Å². The zero-order chi connectivity index (χ0) is 22.7. The van der Waals surface area contributed by atoms with E-state index in [4.69, 9.17) is 14.2 Å². The topological polar surface area (TPSA) is 90.9 Å². The third kappa shape index (κ3) is 4.42. The molecule has 1 aromatic carbocycles. The molecule has 3 atom stereocenters. The second-order valence-electron chi connectivity index (χ2n) is 8.07. The Morgan fingerprint density at radius 3 is 2.39 bits per heavy atom. The van der Waals surface area contributed by atoms with Crippen molar-refractivity contribution in [2.24, 2.45) is 11.8 Å². The molecule has 1 heterocycles. The van der Waals surface area contributed by atoms with Crippen LogP contribution in [0.2, 0.25) is 0 Å². The lowest BCUT2D eigenvalue weighted by atomic mass is 9.69. The Morgan fingerprint density at radius 2 is 1.77 bits per heavy atom. The van der Waals surface area contributed by atoms with Crippen molar-refractivity contribution in [2.45, 2.75) is 33.1 Å². The van der Waals surface area contributed by atoms with Crippen molar-refractivity contribution in [3.05, 3.63) is 57.9 Å². The molecule has 3 rings (SSSR count). The maximum atomic E-state index is 13.6. The van der Waals surface area contributed by atoms with Crippen LogP contribution in [0.3, 0.4) is 0 Å². The molecule has 0 bridgehead atoms. The Bertz CT molecular complexity index is 943. The average molecular weight is 427 g/mol. The summed E-state index contributed by atoms with van der Waals surface area (Å²) >= 11 is 0. The van der Waals surface area contributed by atoms with E-state index >= 15 is 0 Å². The summed E-state index contributed by atoms with van der Waals surface area (Å²) < 4.78 is 15.3. The highest BCUT2D eigenvalue weighted by Gasteiger charge is 2.47. The van der Waals surface area contributed by atoms with E-state index in [0.717, 1.165) is 16.8 Å². The number of ether oxygens (including phenoxy) is 3. The number of esters is 2. The second kappa shape index (κ2) is 9.47. The van der Waals surface area contributed by atoms with Crippen molar-refractivity contribution in [1.82, 2.24) is 5.32 Å². The van der Waals surface area contributed by atoms with Gasteiger partial charge in [0.15, 0.2) is 5.78 Å². The van der Waals surface area contributed by atoms with Gasteiger partial charge in [-0.3, -0.25) is 9.59 Å². The number of hydrogen-bond donors (Lipinski definition) is 1. The van der Waals surface area contributed by atoms with Gasteiger partial charge in [0.05, 0.1) is 19.3 Å².